The van der Waals surface area contributed by atoms with Crippen LogP contribution in [0.15, 0.2) is 0 Å². The van der Waals surface area contributed by atoms with Crippen molar-refractivity contribution in [2.24, 2.45) is 5.92 Å². The maximum atomic E-state index is 12.1. The molecule has 4 nitrogen and oxygen atoms in total. The van der Waals surface area contributed by atoms with Crippen LogP contribution in [0.1, 0.15) is 19.8 Å². The van der Waals surface area contributed by atoms with Crippen LogP contribution in [0.25, 0.3) is 0 Å². The van der Waals surface area contributed by atoms with Gasteiger partial charge < -0.3 is 15.0 Å². The number of carbonyl (C=O) groups excluding carboxylic acids is 1. The number of rotatable bonds is 2. The molecule has 2 saturated heterocycles. The third-order valence-electron chi connectivity index (χ3n) is 3.54. The fourth-order valence-corrected chi connectivity index (χ4v) is 2.39. The van der Waals surface area contributed by atoms with E-state index in [9.17, 15) is 4.79 Å². The van der Waals surface area contributed by atoms with Crippen LogP contribution in [-0.2, 0) is 9.53 Å². The number of amides is 1. The van der Waals surface area contributed by atoms with Gasteiger partial charge in [-0.15, -0.1) is 0 Å². The van der Waals surface area contributed by atoms with E-state index in [1.807, 2.05) is 11.9 Å². The first-order valence-electron chi connectivity index (χ1n) is 5.80. The second kappa shape index (κ2) is 4.49. The maximum Gasteiger partial charge on any atom is 0.252 e. The summed E-state index contributed by atoms with van der Waals surface area (Å²) in [5.41, 5.74) is 0. The summed E-state index contributed by atoms with van der Waals surface area (Å²) in [6, 6.07) is 0.464. The highest BCUT2D eigenvalue weighted by molar-refractivity contribution is 5.81. The van der Waals surface area contributed by atoms with E-state index in [1.54, 1.807) is 0 Å². The zero-order valence-corrected chi connectivity index (χ0v) is 9.53. The number of hydrogen-bond donors (Lipinski definition) is 1. The predicted octanol–water partition coefficient (Wildman–Crippen LogP) is 0.232. The van der Waals surface area contributed by atoms with Crippen molar-refractivity contribution >= 4 is 5.91 Å². The smallest absolute Gasteiger partial charge is 0.252 e. The topological polar surface area (TPSA) is 41.6 Å². The summed E-state index contributed by atoms with van der Waals surface area (Å²) in [5.74, 6) is 0.573. The second-order valence-corrected chi connectivity index (χ2v) is 4.62. The molecule has 0 spiro atoms. The molecule has 2 heterocycles. The first kappa shape index (κ1) is 10.9. The second-order valence-electron chi connectivity index (χ2n) is 4.62. The SMILES string of the molecule is CNC1CCN(C(=O)C2OCCC2C)C1. The summed E-state index contributed by atoms with van der Waals surface area (Å²) in [4.78, 5) is 14.0. The highest BCUT2D eigenvalue weighted by atomic mass is 16.5. The molecule has 2 aliphatic heterocycles. The van der Waals surface area contributed by atoms with Gasteiger partial charge in [0.15, 0.2) is 0 Å². The molecule has 0 aromatic rings. The molecule has 2 aliphatic rings. The summed E-state index contributed by atoms with van der Waals surface area (Å²) in [5, 5.41) is 3.22. The van der Waals surface area contributed by atoms with Crippen molar-refractivity contribution in [2.75, 3.05) is 26.7 Å². The van der Waals surface area contributed by atoms with Crippen LogP contribution in [0.5, 0.6) is 0 Å². The fourth-order valence-electron chi connectivity index (χ4n) is 2.39. The van der Waals surface area contributed by atoms with Gasteiger partial charge in [-0.1, -0.05) is 6.92 Å². The maximum absolute atomic E-state index is 12.1. The summed E-state index contributed by atoms with van der Waals surface area (Å²) >= 11 is 0. The Morgan fingerprint density at radius 1 is 1.47 bits per heavy atom. The lowest BCUT2D eigenvalue weighted by Gasteiger charge is -2.22. The highest BCUT2D eigenvalue weighted by Crippen LogP contribution is 2.23. The third kappa shape index (κ3) is 2.16. The fraction of sp³-hybridized carbons (Fsp3) is 0.909. The van der Waals surface area contributed by atoms with Gasteiger partial charge in [-0.2, -0.15) is 0 Å². The number of nitrogens with zero attached hydrogens (tertiary/aromatic N) is 1. The summed E-state index contributed by atoms with van der Waals surface area (Å²) < 4.78 is 5.50. The van der Waals surface area contributed by atoms with Crippen LogP contribution in [0, 0.1) is 5.92 Å². The molecule has 0 radical (unpaired) electrons. The molecule has 0 aromatic carbocycles. The van der Waals surface area contributed by atoms with Crippen molar-refractivity contribution in [3.63, 3.8) is 0 Å². The first-order chi connectivity index (χ1) is 7.22. The summed E-state index contributed by atoms with van der Waals surface area (Å²) in [7, 11) is 1.95. The van der Waals surface area contributed by atoms with E-state index in [4.69, 9.17) is 4.74 Å². The molecule has 4 heteroatoms. The standard InChI is InChI=1S/C11H20N2O2/c1-8-4-6-15-10(8)11(14)13-5-3-9(7-13)12-2/h8-10,12H,3-7H2,1-2H3. The lowest BCUT2D eigenvalue weighted by Crippen LogP contribution is -2.41. The minimum atomic E-state index is -0.180. The Morgan fingerprint density at radius 3 is 2.80 bits per heavy atom. The minimum Gasteiger partial charge on any atom is -0.368 e. The molecule has 3 unspecified atom stereocenters. The van der Waals surface area contributed by atoms with Crippen LogP contribution in [0.4, 0.5) is 0 Å². The molecule has 0 saturated carbocycles. The molecule has 2 rings (SSSR count). The molecular formula is C11H20N2O2. The van der Waals surface area contributed by atoms with Crippen LogP contribution in [-0.4, -0.2) is 49.7 Å². The Hall–Kier alpha value is -0.610. The third-order valence-corrected chi connectivity index (χ3v) is 3.54. The number of likely N-dealkylation sites (N-methyl/N-ethyl adjacent to an activating group) is 1. The van der Waals surface area contributed by atoms with Gasteiger partial charge >= 0.3 is 0 Å². The molecule has 0 bridgehead atoms. The Kier molecular flexibility index (Phi) is 3.26. The van der Waals surface area contributed by atoms with Gasteiger partial charge in [0.2, 0.25) is 0 Å². The number of likely N-dealkylation sites (tertiary alicyclic amines) is 1. The van der Waals surface area contributed by atoms with Crippen LogP contribution < -0.4 is 5.32 Å². The average molecular weight is 212 g/mol. The predicted molar refractivity (Wildman–Crippen MR) is 57.6 cm³/mol. The molecular weight excluding hydrogens is 192 g/mol. The van der Waals surface area contributed by atoms with Crippen LogP contribution >= 0.6 is 0 Å². The number of ether oxygens (including phenoxy) is 1. The molecule has 2 fully saturated rings. The van der Waals surface area contributed by atoms with Gasteiger partial charge in [-0.3, -0.25) is 4.79 Å². The monoisotopic (exact) mass is 212 g/mol. The van der Waals surface area contributed by atoms with Gasteiger partial charge in [-0.05, 0) is 25.8 Å². The van der Waals surface area contributed by atoms with E-state index < -0.39 is 0 Å². The van der Waals surface area contributed by atoms with E-state index in [0.717, 1.165) is 32.5 Å². The zero-order valence-electron chi connectivity index (χ0n) is 9.53. The molecule has 0 aromatic heterocycles. The number of nitrogens with one attached hydrogen (secondary N) is 1. The van der Waals surface area contributed by atoms with Gasteiger partial charge in [0.05, 0.1) is 0 Å². The van der Waals surface area contributed by atoms with Crippen molar-refractivity contribution in [3.05, 3.63) is 0 Å². The van der Waals surface area contributed by atoms with Crippen molar-refractivity contribution in [1.82, 2.24) is 10.2 Å². The largest absolute Gasteiger partial charge is 0.368 e. The normalized spacial score (nSPS) is 36.1. The average Bonchev–Trinajstić information content (AvgIpc) is 2.84. The Morgan fingerprint density at radius 2 is 2.27 bits per heavy atom. The van der Waals surface area contributed by atoms with Gasteiger partial charge in [-0.25, -0.2) is 0 Å². The minimum absolute atomic E-state index is 0.180. The summed E-state index contributed by atoms with van der Waals surface area (Å²) in [6.45, 7) is 4.54. The number of hydrogen-bond acceptors (Lipinski definition) is 3. The summed E-state index contributed by atoms with van der Waals surface area (Å²) in [6.07, 6.45) is 1.89. The molecule has 3 atom stereocenters. The molecule has 1 N–H and O–H groups in total. The van der Waals surface area contributed by atoms with Gasteiger partial charge in [0.25, 0.3) is 5.91 Å². The molecule has 86 valence electrons. The Bertz CT molecular complexity index is 245. The van der Waals surface area contributed by atoms with Gasteiger partial charge in [0, 0.05) is 25.7 Å². The van der Waals surface area contributed by atoms with Crippen molar-refractivity contribution < 1.29 is 9.53 Å². The van der Waals surface area contributed by atoms with E-state index in [0.29, 0.717) is 12.0 Å². The van der Waals surface area contributed by atoms with E-state index in [1.165, 1.54) is 0 Å². The van der Waals surface area contributed by atoms with Crippen LogP contribution in [0.2, 0.25) is 0 Å². The van der Waals surface area contributed by atoms with Gasteiger partial charge in [0.1, 0.15) is 6.10 Å². The van der Waals surface area contributed by atoms with E-state index in [2.05, 4.69) is 12.2 Å². The lowest BCUT2D eigenvalue weighted by molar-refractivity contribution is -0.141. The lowest BCUT2D eigenvalue weighted by atomic mass is 10.0. The number of carbonyl (C=O) groups is 1. The van der Waals surface area contributed by atoms with Crippen LogP contribution in [0.3, 0.4) is 0 Å². The highest BCUT2D eigenvalue weighted by Gasteiger charge is 2.36. The Balaban J connectivity index is 1.91. The first-order valence-corrected chi connectivity index (χ1v) is 5.80. The van der Waals surface area contributed by atoms with Crippen molar-refractivity contribution in [3.8, 4) is 0 Å². The zero-order chi connectivity index (χ0) is 10.8. The van der Waals surface area contributed by atoms with E-state index in [-0.39, 0.29) is 12.0 Å². The molecule has 1 amide bonds. The van der Waals surface area contributed by atoms with E-state index >= 15 is 0 Å². The van der Waals surface area contributed by atoms with Crippen molar-refractivity contribution in [1.29, 1.82) is 0 Å². The molecule has 0 aliphatic carbocycles. The Labute approximate surface area is 91.0 Å². The quantitative estimate of drug-likeness (QED) is 0.712. The molecule has 15 heavy (non-hydrogen) atoms. The van der Waals surface area contributed by atoms with Crippen molar-refractivity contribution in [2.45, 2.75) is 31.9 Å².